The van der Waals surface area contributed by atoms with E-state index in [1.54, 1.807) is 0 Å². The van der Waals surface area contributed by atoms with E-state index < -0.39 is 0 Å². The van der Waals surface area contributed by atoms with Gasteiger partial charge in [-0.2, -0.15) is 0 Å². The Hall–Kier alpha value is -0.810. The van der Waals surface area contributed by atoms with E-state index in [4.69, 9.17) is 0 Å². The Bertz CT molecular complexity index is 266. The van der Waals surface area contributed by atoms with Gasteiger partial charge in [-0.05, 0) is 26.3 Å². The normalized spacial score (nSPS) is 24.7. The monoisotopic (exact) mass is 207 g/mol. The molecule has 1 aliphatic rings. The van der Waals surface area contributed by atoms with E-state index in [1.807, 2.05) is 6.92 Å². The number of ketones is 1. The Morgan fingerprint density at radius 2 is 2.33 bits per heavy atom. The zero-order valence-electron chi connectivity index (χ0n) is 9.86. The van der Waals surface area contributed by atoms with Crippen LogP contribution in [0, 0.1) is 17.3 Å². The SMILES string of the molecule is CC#CCCC(=O)C1(CCC)CCNC1. The molecule has 1 unspecified atom stereocenters. The van der Waals surface area contributed by atoms with Gasteiger partial charge in [0.05, 0.1) is 0 Å². The molecule has 1 heterocycles. The molecule has 15 heavy (non-hydrogen) atoms. The standard InChI is InChI=1S/C13H21NO/c1-3-5-6-7-12(15)13(8-4-2)9-10-14-11-13/h14H,4,6-11H2,1-2H3. The maximum Gasteiger partial charge on any atom is 0.141 e. The van der Waals surface area contributed by atoms with Crippen molar-refractivity contribution in [2.24, 2.45) is 5.41 Å². The number of carbonyl (C=O) groups excluding carboxylic acids is 1. The third-order valence-electron chi connectivity index (χ3n) is 3.22. The molecule has 84 valence electrons. The first-order valence-electron chi connectivity index (χ1n) is 5.89. The van der Waals surface area contributed by atoms with Crippen molar-refractivity contribution >= 4 is 5.78 Å². The topological polar surface area (TPSA) is 29.1 Å². The van der Waals surface area contributed by atoms with Gasteiger partial charge in [-0.25, -0.2) is 0 Å². The van der Waals surface area contributed by atoms with Crippen molar-refractivity contribution in [1.82, 2.24) is 5.32 Å². The van der Waals surface area contributed by atoms with Crippen LogP contribution in [0.5, 0.6) is 0 Å². The molecule has 1 aliphatic heterocycles. The van der Waals surface area contributed by atoms with Crippen LogP contribution in [-0.4, -0.2) is 18.9 Å². The molecule has 0 amide bonds. The number of rotatable bonds is 5. The first kappa shape index (κ1) is 12.3. The third-order valence-corrected chi connectivity index (χ3v) is 3.22. The predicted octanol–water partition coefficient (Wildman–Crippen LogP) is 2.14. The lowest BCUT2D eigenvalue weighted by molar-refractivity contribution is -0.128. The van der Waals surface area contributed by atoms with Crippen LogP contribution in [0.25, 0.3) is 0 Å². The minimum absolute atomic E-state index is 0.0653. The van der Waals surface area contributed by atoms with E-state index in [2.05, 4.69) is 24.1 Å². The molecule has 0 saturated carbocycles. The highest BCUT2D eigenvalue weighted by Crippen LogP contribution is 2.33. The van der Waals surface area contributed by atoms with Gasteiger partial charge in [0.15, 0.2) is 0 Å². The van der Waals surface area contributed by atoms with Gasteiger partial charge < -0.3 is 5.32 Å². The van der Waals surface area contributed by atoms with Gasteiger partial charge >= 0.3 is 0 Å². The largest absolute Gasteiger partial charge is 0.316 e. The van der Waals surface area contributed by atoms with Crippen LogP contribution < -0.4 is 5.32 Å². The van der Waals surface area contributed by atoms with Gasteiger partial charge in [0, 0.05) is 24.8 Å². The summed E-state index contributed by atoms with van der Waals surface area (Å²) < 4.78 is 0. The Balaban J connectivity index is 2.54. The maximum absolute atomic E-state index is 12.1. The molecule has 0 aromatic rings. The lowest BCUT2D eigenvalue weighted by Crippen LogP contribution is -2.33. The lowest BCUT2D eigenvalue weighted by Gasteiger charge is -2.25. The van der Waals surface area contributed by atoms with E-state index in [9.17, 15) is 4.79 Å². The van der Waals surface area contributed by atoms with E-state index in [1.165, 1.54) is 0 Å². The lowest BCUT2D eigenvalue weighted by atomic mass is 9.77. The molecule has 2 nitrogen and oxygen atoms in total. The van der Waals surface area contributed by atoms with Crippen molar-refractivity contribution in [3.8, 4) is 11.8 Å². The summed E-state index contributed by atoms with van der Waals surface area (Å²) in [5.74, 6) is 6.23. The number of hydrogen-bond donors (Lipinski definition) is 1. The zero-order valence-corrected chi connectivity index (χ0v) is 9.86. The molecule has 0 aromatic carbocycles. The molecule has 1 saturated heterocycles. The van der Waals surface area contributed by atoms with Gasteiger partial charge in [0.2, 0.25) is 0 Å². The van der Waals surface area contributed by atoms with E-state index in [-0.39, 0.29) is 5.41 Å². The second-order valence-corrected chi connectivity index (χ2v) is 4.31. The van der Waals surface area contributed by atoms with Crippen molar-refractivity contribution in [3.05, 3.63) is 0 Å². The summed E-state index contributed by atoms with van der Waals surface area (Å²) in [6, 6.07) is 0. The molecule has 2 heteroatoms. The van der Waals surface area contributed by atoms with Crippen LogP contribution in [0.15, 0.2) is 0 Å². The summed E-state index contributed by atoms with van der Waals surface area (Å²) >= 11 is 0. The first-order valence-corrected chi connectivity index (χ1v) is 5.89. The fraction of sp³-hybridized carbons (Fsp3) is 0.769. The summed E-state index contributed by atoms with van der Waals surface area (Å²) in [5, 5.41) is 3.31. The molecule has 0 spiro atoms. The molecule has 0 aromatic heterocycles. The number of carbonyl (C=O) groups is 1. The van der Waals surface area contributed by atoms with Crippen LogP contribution >= 0.6 is 0 Å². The van der Waals surface area contributed by atoms with Crippen molar-refractivity contribution in [1.29, 1.82) is 0 Å². The number of nitrogens with one attached hydrogen (secondary N) is 1. The molecule has 1 fully saturated rings. The van der Waals surface area contributed by atoms with Crippen LogP contribution in [-0.2, 0) is 4.79 Å². The summed E-state index contributed by atoms with van der Waals surface area (Å²) in [6.45, 7) is 5.84. The van der Waals surface area contributed by atoms with Gasteiger partial charge in [-0.3, -0.25) is 4.79 Å². The summed E-state index contributed by atoms with van der Waals surface area (Å²) in [5.41, 5.74) is -0.0653. The zero-order chi connectivity index (χ0) is 11.1. The van der Waals surface area contributed by atoms with Gasteiger partial charge in [-0.15, -0.1) is 11.8 Å². The molecule has 0 bridgehead atoms. The summed E-state index contributed by atoms with van der Waals surface area (Å²) in [6.07, 6.45) is 4.48. The van der Waals surface area contributed by atoms with Gasteiger partial charge in [0.1, 0.15) is 5.78 Å². The molecule has 1 atom stereocenters. The highest BCUT2D eigenvalue weighted by Gasteiger charge is 2.38. The third kappa shape index (κ3) is 3.07. The van der Waals surface area contributed by atoms with Crippen LogP contribution in [0.1, 0.15) is 46.0 Å². The smallest absolute Gasteiger partial charge is 0.141 e. The molecule has 0 radical (unpaired) electrons. The summed E-state index contributed by atoms with van der Waals surface area (Å²) in [4.78, 5) is 12.1. The van der Waals surface area contributed by atoms with E-state index in [0.29, 0.717) is 12.2 Å². The minimum atomic E-state index is -0.0653. The second-order valence-electron chi connectivity index (χ2n) is 4.31. The highest BCUT2D eigenvalue weighted by atomic mass is 16.1. The number of hydrogen-bond acceptors (Lipinski definition) is 2. The fourth-order valence-corrected chi connectivity index (χ4v) is 2.38. The Kier molecular flexibility index (Phi) is 4.84. The molecule has 1 rings (SSSR count). The van der Waals surface area contributed by atoms with Crippen molar-refractivity contribution < 1.29 is 4.79 Å². The Labute approximate surface area is 92.8 Å². The first-order chi connectivity index (χ1) is 7.25. The molecule has 1 N–H and O–H groups in total. The van der Waals surface area contributed by atoms with E-state index in [0.717, 1.165) is 38.8 Å². The Morgan fingerprint density at radius 3 is 2.87 bits per heavy atom. The second kappa shape index (κ2) is 5.92. The highest BCUT2D eigenvalue weighted by molar-refractivity contribution is 5.85. The van der Waals surface area contributed by atoms with Gasteiger partial charge in [0.25, 0.3) is 0 Å². The average molecular weight is 207 g/mol. The quantitative estimate of drug-likeness (QED) is 0.700. The van der Waals surface area contributed by atoms with Crippen molar-refractivity contribution in [2.75, 3.05) is 13.1 Å². The molecule has 0 aliphatic carbocycles. The Morgan fingerprint density at radius 1 is 1.53 bits per heavy atom. The fourth-order valence-electron chi connectivity index (χ4n) is 2.38. The maximum atomic E-state index is 12.1. The van der Waals surface area contributed by atoms with Crippen LogP contribution in [0.4, 0.5) is 0 Å². The minimum Gasteiger partial charge on any atom is -0.316 e. The van der Waals surface area contributed by atoms with Gasteiger partial charge in [-0.1, -0.05) is 13.3 Å². The van der Waals surface area contributed by atoms with Crippen LogP contribution in [0.2, 0.25) is 0 Å². The predicted molar refractivity (Wildman–Crippen MR) is 62.5 cm³/mol. The average Bonchev–Trinajstić information content (AvgIpc) is 2.68. The van der Waals surface area contributed by atoms with Crippen LogP contribution in [0.3, 0.4) is 0 Å². The molecular weight excluding hydrogens is 186 g/mol. The van der Waals surface area contributed by atoms with E-state index >= 15 is 0 Å². The summed E-state index contributed by atoms with van der Waals surface area (Å²) in [7, 11) is 0. The van der Waals surface area contributed by atoms with Crippen molar-refractivity contribution in [2.45, 2.75) is 46.0 Å². The molecular formula is C13H21NO. The van der Waals surface area contributed by atoms with Crippen molar-refractivity contribution in [3.63, 3.8) is 0 Å². The number of Topliss-reactive ketones (excluding diaryl/α,β-unsaturated/α-hetero) is 1.